The lowest BCUT2D eigenvalue weighted by atomic mass is 10.2. The number of nitrogens with one attached hydrogen (secondary N) is 1. The molecule has 0 spiro atoms. The number of para-hydroxylation sites is 2. The topological polar surface area (TPSA) is 102 Å². The highest BCUT2D eigenvalue weighted by Crippen LogP contribution is 2.31. The summed E-state index contributed by atoms with van der Waals surface area (Å²) in [5.74, 6) is -0.236. The number of aryl methyl sites for hydroxylation is 1. The average molecular weight is 418 g/mol. The molecule has 0 bridgehead atoms. The van der Waals surface area contributed by atoms with Gasteiger partial charge in [-0.05, 0) is 49.2 Å². The lowest BCUT2D eigenvalue weighted by molar-refractivity contribution is -0.128. The first-order valence-electron chi connectivity index (χ1n) is 8.95. The van der Waals surface area contributed by atoms with E-state index in [0.717, 1.165) is 0 Å². The van der Waals surface area contributed by atoms with Crippen molar-refractivity contribution in [2.45, 2.75) is 30.7 Å². The Morgan fingerprint density at radius 1 is 1.10 bits per heavy atom. The van der Waals surface area contributed by atoms with Crippen molar-refractivity contribution in [3.63, 3.8) is 0 Å². The molecule has 1 aliphatic rings. The van der Waals surface area contributed by atoms with Crippen LogP contribution in [0.2, 0.25) is 0 Å². The molecule has 1 fully saturated rings. The van der Waals surface area contributed by atoms with E-state index in [1.165, 1.54) is 32.4 Å². The summed E-state index contributed by atoms with van der Waals surface area (Å²) in [4.78, 5) is 25.2. The van der Waals surface area contributed by atoms with Crippen LogP contribution >= 0.6 is 0 Å². The minimum absolute atomic E-state index is 0.0294. The van der Waals surface area contributed by atoms with Crippen LogP contribution in [0.3, 0.4) is 0 Å². The molecule has 0 unspecified atom stereocenters. The summed E-state index contributed by atoms with van der Waals surface area (Å²) in [6.45, 7) is 1.70. The zero-order chi connectivity index (χ0) is 21.2. The lowest BCUT2D eigenvalue weighted by Crippen LogP contribution is -2.45. The van der Waals surface area contributed by atoms with E-state index in [1.807, 2.05) is 0 Å². The molecule has 2 aromatic carbocycles. The second-order valence-corrected chi connectivity index (χ2v) is 8.38. The van der Waals surface area contributed by atoms with E-state index in [0.29, 0.717) is 27.1 Å². The molecule has 0 saturated carbocycles. The van der Waals surface area contributed by atoms with Crippen molar-refractivity contribution in [2.75, 3.05) is 19.5 Å². The van der Waals surface area contributed by atoms with Crippen LogP contribution in [0.15, 0.2) is 47.4 Å². The van der Waals surface area contributed by atoms with Crippen molar-refractivity contribution < 1.29 is 27.5 Å². The van der Waals surface area contributed by atoms with E-state index in [9.17, 15) is 18.0 Å². The number of nitrogens with zero attached hydrogens (tertiary/aromatic N) is 1. The van der Waals surface area contributed by atoms with Gasteiger partial charge in [-0.15, -0.1) is 0 Å². The number of ether oxygens (including phenoxy) is 2. The first-order valence-corrected chi connectivity index (χ1v) is 10.4. The smallest absolute Gasteiger partial charge is 0.267 e. The fourth-order valence-electron chi connectivity index (χ4n) is 3.29. The van der Waals surface area contributed by atoms with Crippen LogP contribution < -0.4 is 14.8 Å². The zero-order valence-electron chi connectivity index (χ0n) is 16.3. The van der Waals surface area contributed by atoms with Crippen LogP contribution in [0.5, 0.6) is 11.5 Å². The third-order valence-corrected chi connectivity index (χ3v) is 6.58. The van der Waals surface area contributed by atoms with Gasteiger partial charge in [-0.3, -0.25) is 9.59 Å². The van der Waals surface area contributed by atoms with Gasteiger partial charge in [-0.1, -0.05) is 12.1 Å². The number of rotatable bonds is 6. The van der Waals surface area contributed by atoms with Crippen LogP contribution in [0.1, 0.15) is 18.4 Å². The van der Waals surface area contributed by atoms with Crippen LogP contribution in [-0.4, -0.2) is 44.8 Å². The molecule has 1 atom stereocenters. The molecule has 8 nitrogen and oxygen atoms in total. The van der Waals surface area contributed by atoms with Crippen LogP contribution in [0.4, 0.5) is 5.69 Å². The molecule has 1 aliphatic heterocycles. The Bertz CT molecular complexity index is 1050. The van der Waals surface area contributed by atoms with E-state index in [2.05, 4.69) is 5.32 Å². The maximum absolute atomic E-state index is 13.1. The van der Waals surface area contributed by atoms with Crippen molar-refractivity contribution in [3.05, 3.63) is 48.0 Å². The van der Waals surface area contributed by atoms with Crippen molar-refractivity contribution in [1.82, 2.24) is 4.31 Å². The predicted octanol–water partition coefficient (Wildman–Crippen LogP) is 2.33. The Morgan fingerprint density at radius 3 is 2.45 bits per heavy atom. The fourth-order valence-corrected chi connectivity index (χ4v) is 4.98. The molecule has 3 rings (SSSR count). The van der Waals surface area contributed by atoms with Crippen molar-refractivity contribution in [2.24, 2.45) is 0 Å². The Hall–Kier alpha value is -3.07. The predicted molar refractivity (Wildman–Crippen MR) is 106 cm³/mol. The van der Waals surface area contributed by atoms with Gasteiger partial charge < -0.3 is 14.8 Å². The number of sulfonamides is 1. The monoisotopic (exact) mass is 418 g/mol. The standard InChI is InChI=1S/C20H22N2O6S/c1-13-12-14(8-10-17(13)27-2)29(25,26)22-16(9-11-19(22)23)20(24)21-15-6-4-5-7-18(15)28-3/h4-8,10,12,16H,9,11H2,1-3H3,(H,21,24)/t16-/m1/s1. The van der Waals surface area contributed by atoms with E-state index in [1.54, 1.807) is 31.2 Å². The van der Waals surface area contributed by atoms with Gasteiger partial charge in [0.2, 0.25) is 11.8 Å². The van der Waals surface area contributed by atoms with Crippen LogP contribution in [0, 0.1) is 6.92 Å². The first-order chi connectivity index (χ1) is 13.8. The van der Waals surface area contributed by atoms with E-state index >= 15 is 0 Å². The highest BCUT2D eigenvalue weighted by Gasteiger charge is 2.44. The number of carbonyl (C=O) groups is 2. The molecule has 9 heteroatoms. The normalized spacial score (nSPS) is 16.6. The average Bonchev–Trinajstić information content (AvgIpc) is 3.10. The number of hydrogen-bond donors (Lipinski definition) is 1. The number of benzene rings is 2. The minimum Gasteiger partial charge on any atom is -0.496 e. The Kier molecular flexibility index (Phi) is 5.78. The summed E-state index contributed by atoms with van der Waals surface area (Å²) in [6, 6.07) is 9.94. The number of amides is 2. The maximum Gasteiger partial charge on any atom is 0.267 e. The quantitative estimate of drug-likeness (QED) is 0.773. The van der Waals surface area contributed by atoms with Gasteiger partial charge in [0, 0.05) is 6.42 Å². The van der Waals surface area contributed by atoms with Gasteiger partial charge in [-0.25, -0.2) is 12.7 Å². The molecule has 0 aromatic heterocycles. The molecule has 154 valence electrons. The van der Waals surface area contributed by atoms with Gasteiger partial charge in [0.05, 0.1) is 24.8 Å². The Morgan fingerprint density at radius 2 is 1.79 bits per heavy atom. The summed E-state index contributed by atoms with van der Waals surface area (Å²) >= 11 is 0. The Labute approximate surface area is 169 Å². The molecular weight excluding hydrogens is 396 g/mol. The third kappa shape index (κ3) is 3.91. The summed E-state index contributed by atoms with van der Waals surface area (Å²) in [7, 11) is -1.25. The molecule has 0 radical (unpaired) electrons. The van der Waals surface area contributed by atoms with Gasteiger partial charge in [-0.2, -0.15) is 0 Å². The minimum atomic E-state index is -4.20. The maximum atomic E-state index is 13.1. The Balaban J connectivity index is 1.91. The van der Waals surface area contributed by atoms with Gasteiger partial charge in [0.25, 0.3) is 10.0 Å². The van der Waals surface area contributed by atoms with E-state index < -0.39 is 27.9 Å². The summed E-state index contributed by atoms with van der Waals surface area (Å²) in [5.41, 5.74) is 1.01. The SMILES string of the molecule is COc1ccc(S(=O)(=O)N2C(=O)CC[C@@H]2C(=O)Nc2ccccc2OC)cc1C. The molecule has 2 amide bonds. The molecule has 2 aromatic rings. The highest BCUT2D eigenvalue weighted by atomic mass is 32.2. The molecule has 0 aliphatic carbocycles. The summed E-state index contributed by atoms with van der Waals surface area (Å²) < 4.78 is 37.3. The molecule has 1 heterocycles. The second kappa shape index (κ2) is 8.12. The zero-order valence-corrected chi connectivity index (χ0v) is 17.2. The number of methoxy groups -OCH3 is 2. The van der Waals surface area contributed by atoms with Gasteiger partial charge >= 0.3 is 0 Å². The van der Waals surface area contributed by atoms with Gasteiger partial charge in [0.1, 0.15) is 17.5 Å². The number of anilines is 1. The van der Waals surface area contributed by atoms with Crippen LogP contribution in [-0.2, 0) is 19.6 Å². The highest BCUT2D eigenvalue weighted by molar-refractivity contribution is 7.89. The number of carbonyl (C=O) groups excluding carboxylic acids is 2. The summed E-state index contributed by atoms with van der Waals surface area (Å²) in [6.07, 6.45) is 0.0760. The summed E-state index contributed by atoms with van der Waals surface area (Å²) in [5, 5.41) is 2.66. The van der Waals surface area contributed by atoms with Gasteiger partial charge in [0.15, 0.2) is 0 Å². The molecular formula is C20H22N2O6S. The van der Waals surface area contributed by atoms with Crippen molar-refractivity contribution >= 4 is 27.5 Å². The third-order valence-electron chi connectivity index (χ3n) is 4.75. The second-order valence-electron chi connectivity index (χ2n) is 6.57. The molecule has 29 heavy (non-hydrogen) atoms. The number of hydrogen-bond acceptors (Lipinski definition) is 6. The van der Waals surface area contributed by atoms with Crippen LogP contribution in [0.25, 0.3) is 0 Å². The first kappa shape index (κ1) is 20.7. The van der Waals surface area contributed by atoms with E-state index in [-0.39, 0.29) is 17.7 Å². The molecule has 1 N–H and O–H groups in total. The molecule has 1 saturated heterocycles. The lowest BCUT2D eigenvalue weighted by Gasteiger charge is -2.24. The van der Waals surface area contributed by atoms with Crippen molar-refractivity contribution in [3.8, 4) is 11.5 Å². The fraction of sp³-hybridized carbons (Fsp3) is 0.300. The van der Waals surface area contributed by atoms with E-state index in [4.69, 9.17) is 9.47 Å². The largest absolute Gasteiger partial charge is 0.496 e. The van der Waals surface area contributed by atoms with Crippen molar-refractivity contribution in [1.29, 1.82) is 0 Å².